The van der Waals surface area contributed by atoms with Crippen molar-refractivity contribution in [3.63, 3.8) is 0 Å². The number of carboxylic acids is 1. The Hall–Kier alpha value is -1.14. The largest absolute Gasteiger partial charge is 0.480 e. The molecule has 1 saturated carbocycles. The van der Waals surface area contributed by atoms with Crippen molar-refractivity contribution in [2.45, 2.75) is 25.8 Å². The minimum absolute atomic E-state index is 0.0879. The molecular weight excluding hydrogens is 236 g/mol. The van der Waals surface area contributed by atoms with E-state index in [-0.39, 0.29) is 12.5 Å². The normalized spacial score (nSPS) is 16.6. The topological polar surface area (TPSA) is 78.9 Å². The van der Waals surface area contributed by atoms with Crippen LogP contribution in [0, 0.1) is 5.92 Å². The van der Waals surface area contributed by atoms with Crippen LogP contribution in [0.25, 0.3) is 0 Å². The van der Waals surface area contributed by atoms with Crippen molar-refractivity contribution in [3.8, 4) is 0 Å². The molecule has 1 unspecified atom stereocenters. The average Bonchev–Trinajstić information content (AvgIpc) is 3.10. The summed E-state index contributed by atoms with van der Waals surface area (Å²) < 4.78 is 4.85. The zero-order valence-electron chi connectivity index (χ0n) is 11.0. The molecule has 1 fully saturated rings. The molecule has 0 aromatic rings. The molecule has 1 atom stereocenters. The predicted octanol–water partition coefficient (Wildman–Crippen LogP) is -0.0659. The Bertz CT molecular complexity index is 292. The maximum absolute atomic E-state index is 11.8. The molecule has 104 valence electrons. The molecule has 0 radical (unpaired) electrons. The van der Waals surface area contributed by atoms with Crippen molar-refractivity contribution in [1.29, 1.82) is 0 Å². The average molecular weight is 258 g/mol. The van der Waals surface area contributed by atoms with Gasteiger partial charge in [-0.2, -0.15) is 0 Å². The summed E-state index contributed by atoms with van der Waals surface area (Å²) in [6.07, 6.45) is 2.27. The van der Waals surface area contributed by atoms with Crippen molar-refractivity contribution >= 4 is 11.9 Å². The SMILES string of the molecule is COCCNC(=O)C(C)N(CC(=O)O)CC1CC1. The first-order chi connectivity index (χ1) is 8.54. The fraction of sp³-hybridized carbons (Fsp3) is 0.833. The van der Waals surface area contributed by atoms with Crippen LogP contribution in [-0.4, -0.2) is 61.3 Å². The van der Waals surface area contributed by atoms with Crippen LogP contribution in [0.4, 0.5) is 0 Å². The number of hydrogen-bond donors (Lipinski definition) is 2. The van der Waals surface area contributed by atoms with E-state index in [0.717, 1.165) is 12.8 Å². The molecule has 1 rings (SSSR count). The summed E-state index contributed by atoms with van der Waals surface area (Å²) in [6.45, 7) is 3.25. The van der Waals surface area contributed by atoms with Gasteiger partial charge in [0, 0.05) is 20.2 Å². The molecule has 0 spiro atoms. The molecule has 6 heteroatoms. The van der Waals surface area contributed by atoms with Crippen molar-refractivity contribution < 1.29 is 19.4 Å². The monoisotopic (exact) mass is 258 g/mol. The maximum atomic E-state index is 11.8. The first kappa shape index (κ1) is 14.9. The number of amides is 1. The van der Waals surface area contributed by atoms with E-state index in [2.05, 4.69) is 5.32 Å². The number of carboxylic acid groups (broad SMARTS) is 1. The molecule has 0 aliphatic heterocycles. The van der Waals surface area contributed by atoms with Gasteiger partial charge >= 0.3 is 5.97 Å². The minimum atomic E-state index is -0.896. The van der Waals surface area contributed by atoms with E-state index in [1.54, 1.807) is 18.9 Å². The Morgan fingerprint density at radius 2 is 2.17 bits per heavy atom. The second-order valence-electron chi connectivity index (χ2n) is 4.73. The number of ether oxygens (including phenoxy) is 1. The maximum Gasteiger partial charge on any atom is 0.317 e. The van der Waals surface area contributed by atoms with E-state index >= 15 is 0 Å². The number of carbonyl (C=O) groups excluding carboxylic acids is 1. The predicted molar refractivity (Wildman–Crippen MR) is 66.3 cm³/mol. The Labute approximate surface area is 107 Å². The van der Waals surface area contributed by atoms with Gasteiger partial charge < -0.3 is 15.2 Å². The zero-order valence-corrected chi connectivity index (χ0v) is 11.0. The van der Waals surface area contributed by atoms with Crippen LogP contribution < -0.4 is 5.32 Å². The van der Waals surface area contributed by atoms with Crippen LogP contribution in [-0.2, 0) is 14.3 Å². The van der Waals surface area contributed by atoms with Gasteiger partial charge in [-0.3, -0.25) is 14.5 Å². The quantitative estimate of drug-likeness (QED) is 0.566. The molecule has 1 amide bonds. The Kier molecular flexibility index (Phi) is 6.07. The molecule has 2 N–H and O–H groups in total. The first-order valence-electron chi connectivity index (χ1n) is 6.27. The second-order valence-corrected chi connectivity index (χ2v) is 4.73. The van der Waals surface area contributed by atoms with E-state index in [1.807, 2.05) is 0 Å². The highest BCUT2D eigenvalue weighted by Gasteiger charge is 2.30. The number of aliphatic carboxylic acids is 1. The second kappa shape index (κ2) is 7.33. The van der Waals surface area contributed by atoms with Crippen molar-refractivity contribution in [3.05, 3.63) is 0 Å². The summed E-state index contributed by atoms with van der Waals surface area (Å²) in [5, 5.41) is 11.6. The van der Waals surface area contributed by atoms with Crippen LogP contribution in [0.2, 0.25) is 0 Å². The van der Waals surface area contributed by atoms with E-state index < -0.39 is 12.0 Å². The molecule has 0 saturated heterocycles. The highest BCUT2D eigenvalue weighted by molar-refractivity contribution is 5.82. The molecular formula is C12H22N2O4. The summed E-state index contributed by atoms with van der Waals surface area (Å²) in [5.41, 5.74) is 0. The highest BCUT2D eigenvalue weighted by atomic mass is 16.5. The van der Waals surface area contributed by atoms with E-state index in [9.17, 15) is 9.59 Å². The number of hydrogen-bond acceptors (Lipinski definition) is 4. The van der Waals surface area contributed by atoms with Crippen LogP contribution in [0.1, 0.15) is 19.8 Å². The molecule has 18 heavy (non-hydrogen) atoms. The third-order valence-corrected chi connectivity index (χ3v) is 3.06. The van der Waals surface area contributed by atoms with Gasteiger partial charge in [-0.25, -0.2) is 0 Å². The number of nitrogens with one attached hydrogen (secondary N) is 1. The fourth-order valence-corrected chi connectivity index (χ4v) is 1.76. The molecule has 1 aliphatic rings. The standard InChI is InChI=1S/C12H22N2O4/c1-9(12(17)13-5-6-18-2)14(8-11(15)16)7-10-3-4-10/h9-10H,3-8H2,1-2H3,(H,13,17)(H,15,16). The molecule has 6 nitrogen and oxygen atoms in total. The minimum Gasteiger partial charge on any atom is -0.480 e. The molecule has 0 heterocycles. The lowest BCUT2D eigenvalue weighted by Gasteiger charge is -2.26. The van der Waals surface area contributed by atoms with E-state index in [1.165, 1.54) is 0 Å². The smallest absolute Gasteiger partial charge is 0.317 e. The Morgan fingerprint density at radius 1 is 1.50 bits per heavy atom. The van der Waals surface area contributed by atoms with Gasteiger partial charge in [0.25, 0.3) is 0 Å². The molecule has 0 aromatic carbocycles. The van der Waals surface area contributed by atoms with Gasteiger partial charge in [-0.05, 0) is 25.7 Å². The number of nitrogens with zero attached hydrogens (tertiary/aromatic N) is 1. The fourth-order valence-electron chi connectivity index (χ4n) is 1.76. The molecule has 0 bridgehead atoms. The van der Waals surface area contributed by atoms with Gasteiger partial charge in [0.15, 0.2) is 0 Å². The van der Waals surface area contributed by atoms with Gasteiger partial charge in [0.05, 0.1) is 19.2 Å². The summed E-state index contributed by atoms with van der Waals surface area (Å²) in [4.78, 5) is 24.4. The summed E-state index contributed by atoms with van der Waals surface area (Å²) in [6, 6.07) is -0.418. The Morgan fingerprint density at radius 3 is 2.67 bits per heavy atom. The zero-order chi connectivity index (χ0) is 13.5. The Balaban J connectivity index is 2.42. The van der Waals surface area contributed by atoms with Crippen LogP contribution >= 0.6 is 0 Å². The molecule has 0 aromatic heterocycles. The van der Waals surface area contributed by atoms with E-state index in [4.69, 9.17) is 9.84 Å². The summed E-state index contributed by atoms with van der Waals surface area (Å²) in [7, 11) is 1.57. The third-order valence-electron chi connectivity index (χ3n) is 3.06. The van der Waals surface area contributed by atoms with Crippen molar-refractivity contribution in [2.24, 2.45) is 5.92 Å². The summed E-state index contributed by atoms with van der Waals surface area (Å²) >= 11 is 0. The van der Waals surface area contributed by atoms with Crippen LogP contribution in [0.3, 0.4) is 0 Å². The van der Waals surface area contributed by atoms with Crippen molar-refractivity contribution in [1.82, 2.24) is 10.2 Å². The van der Waals surface area contributed by atoms with Gasteiger partial charge in [0.2, 0.25) is 5.91 Å². The van der Waals surface area contributed by atoms with Crippen LogP contribution in [0.15, 0.2) is 0 Å². The lowest BCUT2D eigenvalue weighted by molar-refractivity contribution is -0.140. The van der Waals surface area contributed by atoms with Gasteiger partial charge in [-0.15, -0.1) is 0 Å². The third kappa shape index (κ3) is 5.46. The van der Waals surface area contributed by atoms with Crippen molar-refractivity contribution in [2.75, 3.05) is 33.4 Å². The number of rotatable bonds is 9. The van der Waals surface area contributed by atoms with Crippen LogP contribution in [0.5, 0.6) is 0 Å². The summed E-state index contributed by atoms with van der Waals surface area (Å²) in [5.74, 6) is -0.486. The molecule has 1 aliphatic carbocycles. The number of carbonyl (C=O) groups is 2. The van der Waals surface area contributed by atoms with Gasteiger partial charge in [-0.1, -0.05) is 0 Å². The first-order valence-corrected chi connectivity index (χ1v) is 6.27. The highest BCUT2D eigenvalue weighted by Crippen LogP contribution is 2.30. The lowest BCUT2D eigenvalue weighted by Crippen LogP contribution is -2.48. The lowest BCUT2D eigenvalue weighted by atomic mass is 10.2. The van der Waals surface area contributed by atoms with E-state index in [0.29, 0.717) is 25.6 Å². The number of methoxy groups -OCH3 is 1. The van der Waals surface area contributed by atoms with Gasteiger partial charge in [0.1, 0.15) is 0 Å².